The maximum absolute atomic E-state index is 11.5. The van der Waals surface area contributed by atoms with Crippen LogP contribution in [0.5, 0.6) is 0 Å². The molecule has 1 amide bonds. The average Bonchev–Trinajstić information content (AvgIpc) is 2.70. The van der Waals surface area contributed by atoms with Gasteiger partial charge in [0.25, 0.3) is 0 Å². The molecule has 0 aromatic carbocycles. The third kappa shape index (κ3) is 2.82. The summed E-state index contributed by atoms with van der Waals surface area (Å²) in [4.78, 5) is 11.5. The topological polar surface area (TPSA) is 38.3 Å². The smallest absolute Gasteiger partial charge is 0.412 e. The molecular formula is C14H22ClNO2. The van der Waals surface area contributed by atoms with E-state index in [4.69, 9.17) is 16.3 Å². The molecule has 1 heterocycles. The van der Waals surface area contributed by atoms with E-state index >= 15 is 0 Å². The minimum absolute atomic E-state index is 0.162. The fourth-order valence-electron chi connectivity index (χ4n) is 2.74. The van der Waals surface area contributed by atoms with Crippen molar-refractivity contribution < 1.29 is 9.53 Å². The van der Waals surface area contributed by atoms with Crippen LogP contribution in [0.15, 0.2) is 10.7 Å². The molecule has 102 valence electrons. The van der Waals surface area contributed by atoms with E-state index in [0.29, 0.717) is 11.0 Å². The van der Waals surface area contributed by atoms with Crippen molar-refractivity contribution in [2.75, 3.05) is 0 Å². The van der Waals surface area contributed by atoms with Gasteiger partial charge in [0.15, 0.2) is 0 Å². The van der Waals surface area contributed by atoms with E-state index in [1.807, 2.05) is 20.8 Å². The van der Waals surface area contributed by atoms with Crippen LogP contribution in [0.3, 0.4) is 0 Å². The zero-order valence-corrected chi connectivity index (χ0v) is 12.1. The lowest BCUT2D eigenvalue weighted by Gasteiger charge is -2.28. The zero-order chi connectivity index (χ0) is 13.3. The average molecular weight is 272 g/mol. The zero-order valence-electron chi connectivity index (χ0n) is 11.4. The first kappa shape index (κ1) is 13.7. The van der Waals surface area contributed by atoms with Crippen LogP contribution in [0.1, 0.15) is 52.9 Å². The fourth-order valence-corrected chi connectivity index (χ4v) is 2.89. The maximum Gasteiger partial charge on any atom is 0.412 e. The molecule has 18 heavy (non-hydrogen) atoms. The third-order valence-corrected chi connectivity index (χ3v) is 4.50. The number of hydrogen-bond donors (Lipinski definition) is 1. The van der Waals surface area contributed by atoms with Crippen molar-refractivity contribution in [1.29, 1.82) is 0 Å². The van der Waals surface area contributed by atoms with E-state index < -0.39 is 0 Å². The van der Waals surface area contributed by atoms with Crippen molar-refractivity contribution in [3.05, 3.63) is 10.7 Å². The van der Waals surface area contributed by atoms with Gasteiger partial charge in [0.1, 0.15) is 6.10 Å². The minimum Gasteiger partial charge on any atom is -0.439 e. The molecule has 1 N–H and O–H groups in total. The van der Waals surface area contributed by atoms with E-state index in [0.717, 1.165) is 18.5 Å². The van der Waals surface area contributed by atoms with Crippen molar-refractivity contribution in [3.63, 3.8) is 0 Å². The van der Waals surface area contributed by atoms with Crippen molar-refractivity contribution >= 4 is 17.7 Å². The molecule has 0 bridgehead atoms. The van der Waals surface area contributed by atoms with Crippen LogP contribution in [0.2, 0.25) is 0 Å². The second-order valence-corrected chi connectivity index (χ2v) is 6.70. The molecule has 1 saturated carbocycles. The standard InChI is InChI=1S/C14H22ClNO2/c1-14(2,3)12(15)10-11(18-13(17)16-10)9-7-5-4-6-8-9/h9,11H,4-8H2,1-3H3,(H,16,17)/b12-10-. The maximum atomic E-state index is 11.5. The summed E-state index contributed by atoms with van der Waals surface area (Å²) < 4.78 is 5.44. The van der Waals surface area contributed by atoms with Crippen molar-refractivity contribution in [2.24, 2.45) is 11.3 Å². The molecule has 4 heteroatoms. The lowest BCUT2D eigenvalue weighted by Crippen LogP contribution is -2.27. The van der Waals surface area contributed by atoms with E-state index in [1.54, 1.807) is 0 Å². The lowest BCUT2D eigenvalue weighted by molar-refractivity contribution is 0.0973. The Labute approximate surface area is 114 Å². The molecule has 1 unspecified atom stereocenters. The number of amides is 1. The number of cyclic esters (lactones) is 1. The molecule has 0 aromatic rings. The van der Waals surface area contributed by atoms with Gasteiger partial charge in [-0.05, 0) is 18.3 Å². The molecule has 1 saturated heterocycles. The Bertz CT molecular complexity index is 364. The van der Waals surface area contributed by atoms with Gasteiger partial charge in [-0.2, -0.15) is 0 Å². The number of carbonyl (C=O) groups is 1. The van der Waals surface area contributed by atoms with Crippen molar-refractivity contribution in [2.45, 2.75) is 59.0 Å². The highest BCUT2D eigenvalue weighted by molar-refractivity contribution is 6.30. The second-order valence-electron chi connectivity index (χ2n) is 6.33. The Morgan fingerprint density at radius 2 is 1.89 bits per heavy atom. The molecule has 2 fully saturated rings. The SMILES string of the molecule is CC(C)(C)/C(Cl)=C1/NC(=O)OC1C1CCCCC1. The summed E-state index contributed by atoms with van der Waals surface area (Å²) in [6.07, 6.45) is 5.46. The highest BCUT2D eigenvalue weighted by Crippen LogP contribution is 2.39. The largest absolute Gasteiger partial charge is 0.439 e. The lowest BCUT2D eigenvalue weighted by atomic mass is 9.82. The number of nitrogens with one attached hydrogen (secondary N) is 1. The fraction of sp³-hybridized carbons (Fsp3) is 0.786. The Hall–Kier alpha value is -0.700. The van der Waals surface area contributed by atoms with E-state index in [2.05, 4.69) is 5.32 Å². The minimum atomic E-state index is -0.358. The normalized spacial score (nSPS) is 28.9. The number of allylic oxidation sites excluding steroid dienone is 1. The van der Waals surface area contributed by atoms with Gasteiger partial charge in [-0.15, -0.1) is 0 Å². The van der Waals surface area contributed by atoms with Gasteiger partial charge in [0, 0.05) is 11.0 Å². The number of ether oxygens (including phenoxy) is 1. The molecule has 0 aromatic heterocycles. The van der Waals surface area contributed by atoms with Gasteiger partial charge in [-0.3, -0.25) is 5.32 Å². The van der Waals surface area contributed by atoms with Gasteiger partial charge in [0.2, 0.25) is 0 Å². The van der Waals surface area contributed by atoms with Crippen LogP contribution in [-0.4, -0.2) is 12.2 Å². The molecule has 0 spiro atoms. The third-order valence-electron chi connectivity index (χ3n) is 3.73. The molecule has 3 nitrogen and oxygen atoms in total. The summed E-state index contributed by atoms with van der Waals surface area (Å²) >= 11 is 6.43. The van der Waals surface area contributed by atoms with Crippen LogP contribution in [0.4, 0.5) is 4.79 Å². The van der Waals surface area contributed by atoms with Crippen LogP contribution in [0.25, 0.3) is 0 Å². The van der Waals surface area contributed by atoms with Crippen LogP contribution >= 0.6 is 11.6 Å². The number of carbonyl (C=O) groups excluding carboxylic acids is 1. The first-order valence-corrected chi connectivity index (χ1v) is 7.15. The predicted molar refractivity (Wildman–Crippen MR) is 72.3 cm³/mol. The summed E-state index contributed by atoms with van der Waals surface area (Å²) in [5, 5.41) is 3.51. The molecule has 0 radical (unpaired) electrons. The summed E-state index contributed by atoms with van der Waals surface area (Å²) in [6.45, 7) is 6.14. The predicted octanol–water partition coefficient (Wildman–Crippen LogP) is 4.17. The van der Waals surface area contributed by atoms with E-state index in [1.165, 1.54) is 19.3 Å². The monoisotopic (exact) mass is 271 g/mol. The van der Waals surface area contributed by atoms with Crippen LogP contribution < -0.4 is 5.32 Å². The highest BCUT2D eigenvalue weighted by Gasteiger charge is 2.39. The first-order chi connectivity index (χ1) is 8.39. The van der Waals surface area contributed by atoms with Crippen LogP contribution in [-0.2, 0) is 4.74 Å². The molecular weight excluding hydrogens is 250 g/mol. The van der Waals surface area contributed by atoms with Gasteiger partial charge in [-0.1, -0.05) is 51.6 Å². The summed E-state index contributed by atoms with van der Waals surface area (Å²) in [5.74, 6) is 0.420. The Morgan fingerprint density at radius 1 is 1.28 bits per heavy atom. The molecule has 2 rings (SSSR count). The van der Waals surface area contributed by atoms with Crippen molar-refractivity contribution in [3.8, 4) is 0 Å². The highest BCUT2D eigenvalue weighted by atomic mass is 35.5. The second kappa shape index (κ2) is 5.12. The number of hydrogen-bond acceptors (Lipinski definition) is 2. The van der Waals surface area contributed by atoms with Gasteiger partial charge in [0.05, 0.1) is 5.70 Å². The number of rotatable bonds is 1. The number of alkyl carbamates (subject to hydrolysis) is 1. The summed E-state index contributed by atoms with van der Waals surface area (Å²) in [6, 6.07) is 0. The molecule has 1 aliphatic heterocycles. The molecule has 1 atom stereocenters. The van der Waals surface area contributed by atoms with Gasteiger partial charge in [-0.25, -0.2) is 4.79 Å². The van der Waals surface area contributed by atoms with Crippen LogP contribution in [0, 0.1) is 11.3 Å². The summed E-state index contributed by atoms with van der Waals surface area (Å²) in [7, 11) is 0. The van der Waals surface area contributed by atoms with Gasteiger partial charge < -0.3 is 4.74 Å². The Kier molecular flexibility index (Phi) is 3.90. The van der Waals surface area contributed by atoms with E-state index in [9.17, 15) is 4.79 Å². The first-order valence-electron chi connectivity index (χ1n) is 6.77. The number of halogens is 1. The summed E-state index contributed by atoms with van der Waals surface area (Å²) in [5.41, 5.74) is 0.631. The van der Waals surface area contributed by atoms with E-state index in [-0.39, 0.29) is 17.6 Å². The van der Waals surface area contributed by atoms with Crippen molar-refractivity contribution in [1.82, 2.24) is 5.32 Å². The quantitative estimate of drug-likeness (QED) is 0.777. The molecule has 1 aliphatic carbocycles. The molecule has 2 aliphatic rings. The Morgan fingerprint density at radius 3 is 2.44 bits per heavy atom. The van der Waals surface area contributed by atoms with Gasteiger partial charge >= 0.3 is 6.09 Å². The Balaban J connectivity index is 2.24.